The van der Waals surface area contributed by atoms with Gasteiger partial charge in [-0.05, 0) is 50.8 Å². The molecule has 2 fully saturated rings. The van der Waals surface area contributed by atoms with Gasteiger partial charge < -0.3 is 14.5 Å². The molecule has 0 bridgehead atoms. The van der Waals surface area contributed by atoms with E-state index < -0.39 is 0 Å². The van der Waals surface area contributed by atoms with Crippen LogP contribution in [-0.4, -0.2) is 53.9 Å². The van der Waals surface area contributed by atoms with Crippen molar-refractivity contribution in [2.24, 2.45) is 5.92 Å². The van der Waals surface area contributed by atoms with Crippen LogP contribution in [0.4, 0.5) is 0 Å². The van der Waals surface area contributed by atoms with Crippen molar-refractivity contribution in [3.05, 3.63) is 29.8 Å². The zero-order chi connectivity index (χ0) is 17.8. The van der Waals surface area contributed by atoms with Crippen molar-refractivity contribution >= 4 is 11.8 Å². The van der Waals surface area contributed by atoms with E-state index in [9.17, 15) is 9.59 Å². The highest BCUT2D eigenvalue weighted by atomic mass is 16.5. The Kier molecular flexibility index (Phi) is 5.61. The van der Waals surface area contributed by atoms with Gasteiger partial charge in [-0.2, -0.15) is 0 Å². The molecule has 0 radical (unpaired) electrons. The number of ether oxygens (including phenoxy) is 1. The summed E-state index contributed by atoms with van der Waals surface area (Å²) in [6.45, 7) is 6.79. The Morgan fingerprint density at radius 3 is 2.56 bits per heavy atom. The molecule has 5 heteroatoms. The van der Waals surface area contributed by atoms with Gasteiger partial charge in [-0.3, -0.25) is 9.59 Å². The molecule has 2 amide bonds. The molecular weight excluding hydrogens is 316 g/mol. The van der Waals surface area contributed by atoms with Crippen LogP contribution in [0.5, 0.6) is 5.75 Å². The standard InChI is InChI=1S/C20H28N2O3/c1-15(2)25-18-6-3-5-16(13-18)14-19(23)21-9-4-10-22(12-11-21)20(24)17-7-8-17/h3,5-6,13,15,17H,4,7-12,14H2,1-2H3. The first-order chi connectivity index (χ1) is 12.0. The van der Waals surface area contributed by atoms with Crippen LogP contribution in [0.15, 0.2) is 24.3 Å². The van der Waals surface area contributed by atoms with Crippen molar-refractivity contribution in [2.45, 2.75) is 45.6 Å². The molecule has 2 aliphatic rings. The van der Waals surface area contributed by atoms with E-state index in [1.807, 2.05) is 47.9 Å². The third-order valence-corrected chi connectivity index (χ3v) is 4.71. The third kappa shape index (κ3) is 4.97. The topological polar surface area (TPSA) is 49.9 Å². The number of nitrogens with zero attached hydrogens (tertiary/aromatic N) is 2. The van der Waals surface area contributed by atoms with E-state index in [4.69, 9.17) is 4.74 Å². The Morgan fingerprint density at radius 1 is 1.12 bits per heavy atom. The van der Waals surface area contributed by atoms with E-state index >= 15 is 0 Å². The first-order valence-corrected chi connectivity index (χ1v) is 9.35. The number of benzene rings is 1. The van der Waals surface area contributed by atoms with Gasteiger partial charge in [0.25, 0.3) is 0 Å². The van der Waals surface area contributed by atoms with Crippen LogP contribution in [-0.2, 0) is 16.0 Å². The van der Waals surface area contributed by atoms with Crippen LogP contribution in [0.25, 0.3) is 0 Å². The third-order valence-electron chi connectivity index (χ3n) is 4.71. The minimum Gasteiger partial charge on any atom is -0.491 e. The molecule has 1 heterocycles. The Balaban J connectivity index is 1.55. The number of hydrogen-bond acceptors (Lipinski definition) is 3. The van der Waals surface area contributed by atoms with Gasteiger partial charge in [-0.15, -0.1) is 0 Å². The van der Waals surface area contributed by atoms with Crippen molar-refractivity contribution in [3.63, 3.8) is 0 Å². The van der Waals surface area contributed by atoms with Crippen molar-refractivity contribution in [1.29, 1.82) is 0 Å². The van der Waals surface area contributed by atoms with Gasteiger partial charge >= 0.3 is 0 Å². The molecule has 1 aromatic carbocycles. The lowest BCUT2D eigenvalue weighted by molar-refractivity contribution is -0.134. The van der Waals surface area contributed by atoms with Crippen LogP contribution >= 0.6 is 0 Å². The second kappa shape index (κ2) is 7.89. The van der Waals surface area contributed by atoms with E-state index in [-0.39, 0.29) is 23.8 Å². The number of hydrogen-bond donors (Lipinski definition) is 0. The number of amides is 2. The largest absolute Gasteiger partial charge is 0.491 e. The Bertz CT molecular complexity index is 625. The first-order valence-electron chi connectivity index (χ1n) is 9.35. The van der Waals surface area contributed by atoms with Gasteiger partial charge in [0.1, 0.15) is 5.75 Å². The predicted octanol–water partition coefficient (Wildman–Crippen LogP) is 2.49. The maximum atomic E-state index is 12.7. The minimum absolute atomic E-state index is 0.117. The highest BCUT2D eigenvalue weighted by Gasteiger charge is 2.34. The van der Waals surface area contributed by atoms with Gasteiger partial charge in [0.2, 0.25) is 11.8 Å². The first kappa shape index (κ1) is 17.8. The van der Waals surface area contributed by atoms with E-state index in [2.05, 4.69) is 0 Å². The van der Waals surface area contributed by atoms with Crippen molar-refractivity contribution < 1.29 is 14.3 Å². The SMILES string of the molecule is CC(C)Oc1cccc(CC(=O)N2CCCN(C(=O)C3CC3)CC2)c1. The number of carbonyl (C=O) groups excluding carboxylic acids is 2. The van der Waals surface area contributed by atoms with Gasteiger partial charge in [0, 0.05) is 32.1 Å². The lowest BCUT2D eigenvalue weighted by atomic mass is 10.1. The van der Waals surface area contributed by atoms with Gasteiger partial charge in [0.05, 0.1) is 12.5 Å². The molecule has 1 saturated carbocycles. The summed E-state index contributed by atoms with van der Waals surface area (Å²) in [5, 5.41) is 0. The Hall–Kier alpha value is -2.04. The van der Waals surface area contributed by atoms with Crippen LogP contribution in [0, 0.1) is 5.92 Å². The molecule has 0 unspecified atom stereocenters. The van der Waals surface area contributed by atoms with E-state index in [1.54, 1.807) is 0 Å². The lowest BCUT2D eigenvalue weighted by Crippen LogP contribution is -2.38. The second-order valence-electron chi connectivity index (χ2n) is 7.32. The van der Waals surface area contributed by atoms with Crippen LogP contribution in [0.3, 0.4) is 0 Å². The quantitative estimate of drug-likeness (QED) is 0.824. The van der Waals surface area contributed by atoms with Crippen LogP contribution < -0.4 is 4.74 Å². The van der Waals surface area contributed by atoms with Gasteiger partial charge in [-0.1, -0.05) is 12.1 Å². The molecule has 3 rings (SSSR count). The summed E-state index contributed by atoms with van der Waals surface area (Å²) in [4.78, 5) is 28.7. The van der Waals surface area contributed by atoms with Crippen LogP contribution in [0.1, 0.15) is 38.7 Å². The summed E-state index contributed by atoms with van der Waals surface area (Å²) in [7, 11) is 0. The van der Waals surface area contributed by atoms with Gasteiger partial charge in [-0.25, -0.2) is 0 Å². The van der Waals surface area contributed by atoms with E-state index in [1.165, 1.54) is 0 Å². The second-order valence-corrected chi connectivity index (χ2v) is 7.32. The molecule has 1 saturated heterocycles. The molecule has 0 atom stereocenters. The molecular formula is C20H28N2O3. The van der Waals surface area contributed by atoms with Crippen molar-refractivity contribution in [3.8, 4) is 5.75 Å². The normalized spacial score (nSPS) is 18.2. The molecule has 0 aromatic heterocycles. The van der Waals surface area contributed by atoms with Gasteiger partial charge in [0.15, 0.2) is 0 Å². The maximum Gasteiger partial charge on any atom is 0.227 e. The fraction of sp³-hybridized carbons (Fsp3) is 0.600. The van der Waals surface area contributed by atoms with Crippen molar-refractivity contribution in [1.82, 2.24) is 9.80 Å². The smallest absolute Gasteiger partial charge is 0.227 e. The Morgan fingerprint density at radius 2 is 1.84 bits per heavy atom. The molecule has 136 valence electrons. The van der Waals surface area contributed by atoms with Crippen molar-refractivity contribution in [2.75, 3.05) is 26.2 Å². The number of carbonyl (C=O) groups is 2. The maximum absolute atomic E-state index is 12.7. The summed E-state index contributed by atoms with van der Waals surface area (Å²) in [6, 6.07) is 7.75. The molecule has 25 heavy (non-hydrogen) atoms. The average molecular weight is 344 g/mol. The zero-order valence-electron chi connectivity index (χ0n) is 15.2. The zero-order valence-corrected chi connectivity index (χ0v) is 15.2. The molecule has 0 spiro atoms. The van der Waals surface area contributed by atoms with Crippen LogP contribution in [0.2, 0.25) is 0 Å². The van der Waals surface area contributed by atoms with E-state index in [0.29, 0.717) is 19.5 Å². The monoisotopic (exact) mass is 344 g/mol. The fourth-order valence-electron chi connectivity index (χ4n) is 3.26. The minimum atomic E-state index is 0.117. The Labute approximate surface area is 149 Å². The molecule has 1 aliphatic heterocycles. The summed E-state index contributed by atoms with van der Waals surface area (Å²) in [5.41, 5.74) is 0.971. The summed E-state index contributed by atoms with van der Waals surface area (Å²) < 4.78 is 5.70. The van der Waals surface area contributed by atoms with E-state index in [0.717, 1.165) is 43.7 Å². The molecule has 1 aliphatic carbocycles. The average Bonchev–Trinajstić information content (AvgIpc) is 3.40. The molecule has 0 N–H and O–H groups in total. The summed E-state index contributed by atoms with van der Waals surface area (Å²) >= 11 is 0. The summed E-state index contributed by atoms with van der Waals surface area (Å²) in [6.07, 6.45) is 3.43. The number of rotatable bonds is 5. The molecule has 1 aromatic rings. The fourth-order valence-corrected chi connectivity index (χ4v) is 3.26. The summed E-state index contributed by atoms with van der Waals surface area (Å²) in [5.74, 6) is 1.47. The molecule has 5 nitrogen and oxygen atoms in total. The highest BCUT2D eigenvalue weighted by molar-refractivity contribution is 5.81. The highest BCUT2D eigenvalue weighted by Crippen LogP contribution is 2.31. The lowest BCUT2D eigenvalue weighted by Gasteiger charge is -2.22. The predicted molar refractivity (Wildman–Crippen MR) is 96.4 cm³/mol.